The van der Waals surface area contributed by atoms with Gasteiger partial charge >= 0.3 is 0 Å². The number of anilines is 2. The summed E-state index contributed by atoms with van der Waals surface area (Å²) in [7, 11) is 0. The van der Waals surface area contributed by atoms with E-state index in [1.807, 2.05) is 60.7 Å². The van der Waals surface area contributed by atoms with Crippen molar-refractivity contribution in [3.8, 4) is 17.7 Å². The third-order valence-corrected chi connectivity index (χ3v) is 3.42. The monoisotopic (exact) mass is 314 g/mol. The molecule has 0 unspecified atom stereocenters. The highest BCUT2D eigenvalue weighted by molar-refractivity contribution is 5.56. The third kappa shape index (κ3) is 2.99. The van der Waals surface area contributed by atoms with Crippen LogP contribution in [-0.4, -0.2) is 14.6 Å². The van der Waals surface area contributed by atoms with Crippen molar-refractivity contribution < 1.29 is 4.74 Å². The fourth-order valence-electron chi connectivity index (χ4n) is 2.32. The standard InChI is InChI=1S/C19H14N4O/c1-2-7-12-16(11-6-1)24-18-14-8-13-17-21-19(22-23(17)18)20-15-9-4-3-5-10-15/h3-6,8-14H,7H2,(H,20,22). The molecule has 1 N–H and O–H groups in total. The van der Waals surface area contributed by atoms with Crippen LogP contribution in [0.1, 0.15) is 6.42 Å². The van der Waals surface area contributed by atoms with Gasteiger partial charge in [0.25, 0.3) is 0 Å². The summed E-state index contributed by atoms with van der Waals surface area (Å²) in [6.45, 7) is 0. The fraction of sp³-hybridized carbons (Fsp3) is 0.0526. The molecule has 1 aliphatic rings. The summed E-state index contributed by atoms with van der Waals surface area (Å²) in [5, 5.41) is 7.67. The van der Waals surface area contributed by atoms with Crippen molar-refractivity contribution in [3.63, 3.8) is 0 Å². The molecule has 3 aromatic rings. The number of aromatic nitrogens is 3. The lowest BCUT2D eigenvalue weighted by molar-refractivity contribution is 0.412. The molecule has 0 fully saturated rings. The van der Waals surface area contributed by atoms with Crippen LogP contribution in [0.15, 0.2) is 72.5 Å². The summed E-state index contributed by atoms with van der Waals surface area (Å²) in [5.74, 6) is 7.76. The van der Waals surface area contributed by atoms with Crippen LogP contribution in [0.5, 0.6) is 5.88 Å². The Morgan fingerprint density at radius 1 is 1.08 bits per heavy atom. The van der Waals surface area contributed by atoms with Gasteiger partial charge in [-0.2, -0.15) is 9.50 Å². The lowest BCUT2D eigenvalue weighted by Crippen LogP contribution is -2.00. The lowest BCUT2D eigenvalue weighted by atomic mass is 10.3. The van der Waals surface area contributed by atoms with Gasteiger partial charge in [-0.25, -0.2) is 0 Å². The van der Waals surface area contributed by atoms with E-state index in [2.05, 4.69) is 27.2 Å². The Morgan fingerprint density at radius 3 is 2.92 bits per heavy atom. The second kappa shape index (κ2) is 6.31. The molecule has 0 radical (unpaired) electrons. The summed E-state index contributed by atoms with van der Waals surface area (Å²) in [6.07, 6.45) is 6.23. The Balaban J connectivity index is 1.63. The van der Waals surface area contributed by atoms with Crippen LogP contribution in [0, 0.1) is 11.8 Å². The van der Waals surface area contributed by atoms with Crippen LogP contribution in [0.4, 0.5) is 11.6 Å². The molecule has 0 aliphatic heterocycles. The number of hydrogen-bond donors (Lipinski definition) is 1. The number of benzene rings is 1. The molecule has 116 valence electrons. The van der Waals surface area contributed by atoms with Crippen molar-refractivity contribution in [3.05, 3.63) is 72.5 Å². The van der Waals surface area contributed by atoms with Crippen molar-refractivity contribution in [1.29, 1.82) is 0 Å². The van der Waals surface area contributed by atoms with E-state index in [9.17, 15) is 0 Å². The predicted molar refractivity (Wildman–Crippen MR) is 93.0 cm³/mol. The van der Waals surface area contributed by atoms with Gasteiger partial charge in [-0.3, -0.25) is 0 Å². The highest BCUT2D eigenvalue weighted by Crippen LogP contribution is 2.20. The molecular weight excluding hydrogens is 300 g/mol. The molecule has 1 aromatic carbocycles. The zero-order valence-electron chi connectivity index (χ0n) is 12.8. The van der Waals surface area contributed by atoms with Crippen molar-refractivity contribution in [2.45, 2.75) is 6.42 Å². The van der Waals surface area contributed by atoms with Gasteiger partial charge in [0.15, 0.2) is 5.65 Å². The van der Waals surface area contributed by atoms with Gasteiger partial charge in [0.2, 0.25) is 11.8 Å². The van der Waals surface area contributed by atoms with E-state index < -0.39 is 0 Å². The molecule has 0 atom stereocenters. The molecule has 2 aromatic heterocycles. The van der Waals surface area contributed by atoms with Crippen LogP contribution >= 0.6 is 0 Å². The minimum Gasteiger partial charge on any atom is -0.439 e. The van der Waals surface area contributed by atoms with Gasteiger partial charge in [-0.1, -0.05) is 36.1 Å². The quantitative estimate of drug-likeness (QED) is 0.746. The second-order valence-electron chi connectivity index (χ2n) is 5.13. The molecule has 0 saturated heterocycles. The van der Waals surface area contributed by atoms with E-state index in [4.69, 9.17) is 4.74 Å². The van der Waals surface area contributed by atoms with Crippen LogP contribution in [0.2, 0.25) is 0 Å². The molecule has 2 heterocycles. The number of ether oxygens (including phenoxy) is 1. The van der Waals surface area contributed by atoms with Crippen molar-refractivity contribution >= 4 is 17.3 Å². The minimum absolute atomic E-state index is 0.519. The number of nitrogens with one attached hydrogen (secondary N) is 1. The van der Waals surface area contributed by atoms with E-state index in [1.54, 1.807) is 10.6 Å². The van der Waals surface area contributed by atoms with Crippen molar-refractivity contribution in [2.24, 2.45) is 0 Å². The van der Waals surface area contributed by atoms with Gasteiger partial charge in [-0.05, 0) is 36.4 Å². The van der Waals surface area contributed by atoms with Gasteiger partial charge < -0.3 is 10.1 Å². The summed E-state index contributed by atoms with van der Waals surface area (Å²) in [6, 6.07) is 15.4. The van der Waals surface area contributed by atoms with Gasteiger partial charge in [0.1, 0.15) is 5.76 Å². The first kappa shape index (κ1) is 14.1. The minimum atomic E-state index is 0.519. The molecule has 5 heteroatoms. The predicted octanol–water partition coefficient (Wildman–Crippen LogP) is 3.70. The lowest BCUT2D eigenvalue weighted by Gasteiger charge is -2.06. The number of fused-ring (bicyclic) bond motifs is 1. The highest BCUT2D eigenvalue weighted by atomic mass is 16.5. The van der Waals surface area contributed by atoms with E-state index >= 15 is 0 Å². The van der Waals surface area contributed by atoms with Gasteiger partial charge in [0.05, 0.1) is 0 Å². The average Bonchev–Trinajstić information content (AvgIpc) is 2.84. The number of pyridine rings is 1. The van der Waals surface area contributed by atoms with E-state index in [-0.39, 0.29) is 0 Å². The Bertz CT molecular complexity index is 990. The Labute approximate surface area is 139 Å². The summed E-state index contributed by atoms with van der Waals surface area (Å²) < 4.78 is 7.61. The summed E-state index contributed by atoms with van der Waals surface area (Å²) in [4.78, 5) is 4.48. The largest absolute Gasteiger partial charge is 0.439 e. The Kier molecular flexibility index (Phi) is 3.70. The van der Waals surface area contributed by atoms with Crippen LogP contribution in [0.25, 0.3) is 5.65 Å². The zero-order valence-corrected chi connectivity index (χ0v) is 12.8. The van der Waals surface area contributed by atoms with Crippen molar-refractivity contribution in [2.75, 3.05) is 5.32 Å². The zero-order chi connectivity index (χ0) is 16.2. The number of hydrogen-bond acceptors (Lipinski definition) is 4. The highest BCUT2D eigenvalue weighted by Gasteiger charge is 2.09. The smallest absolute Gasteiger partial charge is 0.247 e. The maximum atomic E-state index is 5.94. The van der Waals surface area contributed by atoms with Crippen molar-refractivity contribution in [1.82, 2.24) is 14.6 Å². The van der Waals surface area contributed by atoms with Gasteiger partial charge in [-0.15, -0.1) is 5.10 Å². The number of nitrogens with zero attached hydrogens (tertiary/aromatic N) is 3. The first-order chi connectivity index (χ1) is 11.9. The molecule has 5 nitrogen and oxygen atoms in total. The topological polar surface area (TPSA) is 51.5 Å². The van der Waals surface area contributed by atoms with E-state index in [0.717, 1.165) is 11.4 Å². The molecule has 24 heavy (non-hydrogen) atoms. The normalized spacial score (nSPS) is 12.9. The molecular formula is C19H14N4O. The molecule has 1 aliphatic carbocycles. The van der Waals surface area contributed by atoms with Crippen LogP contribution in [-0.2, 0) is 0 Å². The first-order valence-electron chi connectivity index (χ1n) is 7.59. The first-order valence-corrected chi connectivity index (χ1v) is 7.59. The maximum Gasteiger partial charge on any atom is 0.247 e. The number of para-hydroxylation sites is 1. The Hall–Kier alpha value is -3.52. The van der Waals surface area contributed by atoms with Crippen LogP contribution < -0.4 is 10.1 Å². The molecule has 0 saturated carbocycles. The summed E-state index contributed by atoms with van der Waals surface area (Å²) in [5.41, 5.74) is 1.64. The SMILES string of the molecule is C1#CCC=C(Oc2cccc3nc(Nc4ccccc4)nn23)C=C1. The summed E-state index contributed by atoms with van der Waals surface area (Å²) >= 11 is 0. The molecule has 4 rings (SSSR count). The molecule has 0 bridgehead atoms. The van der Waals surface area contributed by atoms with E-state index in [1.165, 1.54) is 0 Å². The molecule has 0 spiro atoms. The third-order valence-electron chi connectivity index (χ3n) is 3.42. The maximum absolute atomic E-state index is 5.94. The number of allylic oxidation sites excluding steroid dienone is 3. The van der Waals surface area contributed by atoms with Gasteiger partial charge in [0, 0.05) is 18.2 Å². The second-order valence-corrected chi connectivity index (χ2v) is 5.13. The van der Waals surface area contributed by atoms with Crippen LogP contribution in [0.3, 0.4) is 0 Å². The van der Waals surface area contributed by atoms with E-state index in [0.29, 0.717) is 23.9 Å². The molecule has 0 amide bonds. The number of rotatable bonds is 4. The fourth-order valence-corrected chi connectivity index (χ4v) is 2.32. The Morgan fingerprint density at radius 2 is 2.00 bits per heavy atom. The average molecular weight is 314 g/mol.